The molecule has 106 valence electrons. The first-order chi connectivity index (χ1) is 9.47. The third-order valence-corrected chi connectivity index (χ3v) is 2.87. The van der Waals surface area contributed by atoms with Crippen molar-refractivity contribution in [3.05, 3.63) is 34.2 Å². The van der Waals surface area contributed by atoms with Gasteiger partial charge >= 0.3 is 5.63 Å². The van der Waals surface area contributed by atoms with E-state index in [1.165, 1.54) is 25.2 Å². The number of hydrogen-bond acceptors (Lipinski definition) is 5. The van der Waals surface area contributed by atoms with Crippen LogP contribution in [0.15, 0.2) is 27.4 Å². The summed E-state index contributed by atoms with van der Waals surface area (Å²) in [7, 11) is 6.14. The number of carbonyl (C=O) groups is 1. The smallest absolute Gasteiger partial charge is 0.349 e. The number of carbonyl (C=O) groups excluding carboxylic acids is 1. The van der Waals surface area contributed by atoms with Gasteiger partial charge in [-0.2, -0.15) is 0 Å². The number of amides is 1. The number of fused-ring (bicyclic) bond motifs is 1. The van der Waals surface area contributed by atoms with E-state index in [2.05, 4.69) is 0 Å². The van der Waals surface area contributed by atoms with Crippen LogP contribution in [0.5, 0.6) is 11.5 Å². The Morgan fingerprint density at radius 3 is 2.25 bits per heavy atom. The second-order valence-electron chi connectivity index (χ2n) is 4.39. The third kappa shape index (κ3) is 2.32. The number of ether oxygens (including phenoxy) is 2. The molecule has 0 radical (unpaired) electrons. The maximum Gasteiger partial charge on any atom is 0.349 e. The maximum absolute atomic E-state index is 11.9. The Labute approximate surface area is 115 Å². The molecule has 1 aromatic heterocycles. The van der Waals surface area contributed by atoms with Gasteiger partial charge in [0.25, 0.3) is 5.91 Å². The molecule has 2 rings (SSSR count). The number of rotatable bonds is 3. The van der Waals surface area contributed by atoms with E-state index < -0.39 is 11.5 Å². The molecule has 0 spiro atoms. The minimum atomic E-state index is -0.677. The summed E-state index contributed by atoms with van der Waals surface area (Å²) in [6, 6.07) is 4.70. The highest BCUT2D eigenvalue weighted by Gasteiger charge is 2.17. The highest BCUT2D eigenvalue weighted by molar-refractivity contribution is 5.96. The van der Waals surface area contributed by atoms with Crippen LogP contribution in [-0.4, -0.2) is 39.1 Å². The van der Waals surface area contributed by atoms with Crippen LogP contribution in [0.3, 0.4) is 0 Å². The molecule has 6 nitrogen and oxygen atoms in total. The normalized spacial score (nSPS) is 10.4. The number of methoxy groups -OCH3 is 2. The summed E-state index contributed by atoms with van der Waals surface area (Å²) in [5, 5.41) is 0.590. The van der Waals surface area contributed by atoms with Crippen molar-refractivity contribution in [1.82, 2.24) is 4.90 Å². The zero-order chi connectivity index (χ0) is 14.9. The van der Waals surface area contributed by atoms with Crippen molar-refractivity contribution < 1.29 is 18.7 Å². The largest absolute Gasteiger partial charge is 0.493 e. The van der Waals surface area contributed by atoms with Crippen molar-refractivity contribution in [3.8, 4) is 11.5 Å². The van der Waals surface area contributed by atoms with Gasteiger partial charge in [0.15, 0.2) is 11.5 Å². The van der Waals surface area contributed by atoms with E-state index in [0.717, 1.165) is 0 Å². The monoisotopic (exact) mass is 277 g/mol. The number of hydrogen-bond donors (Lipinski definition) is 0. The van der Waals surface area contributed by atoms with E-state index in [4.69, 9.17) is 13.9 Å². The van der Waals surface area contributed by atoms with Crippen molar-refractivity contribution in [1.29, 1.82) is 0 Å². The lowest BCUT2D eigenvalue weighted by Gasteiger charge is -2.11. The van der Waals surface area contributed by atoms with Crippen LogP contribution in [-0.2, 0) is 0 Å². The van der Waals surface area contributed by atoms with Gasteiger partial charge < -0.3 is 18.8 Å². The van der Waals surface area contributed by atoms with E-state index in [0.29, 0.717) is 22.5 Å². The van der Waals surface area contributed by atoms with Gasteiger partial charge in [-0.25, -0.2) is 4.79 Å². The topological polar surface area (TPSA) is 69.0 Å². The summed E-state index contributed by atoms with van der Waals surface area (Å²) >= 11 is 0. The van der Waals surface area contributed by atoms with E-state index in [9.17, 15) is 9.59 Å². The number of nitrogens with zero attached hydrogens (tertiary/aromatic N) is 1. The summed E-state index contributed by atoms with van der Waals surface area (Å²) in [4.78, 5) is 25.1. The van der Waals surface area contributed by atoms with Crippen LogP contribution in [0.4, 0.5) is 0 Å². The minimum absolute atomic E-state index is 0.0188. The molecule has 2 aromatic rings. The standard InChI is InChI=1S/C14H15NO5/c1-15(2)13(16)9-5-8-6-11(18-3)12(19-4)7-10(8)20-14(9)17/h5-7H,1-4H3. The molecule has 1 amide bonds. The van der Waals surface area contributed by atoms with Gasteiger partial charge in [-0.3, -0.25) is 4.79 Å². The lowest BCUT2D eigenvalue weighted by Crippen LogP contribution is -2.27. The molecule has 0 atom stereocenters. The van der Waals surface area contributed by atoms with Crippen molar-refractivity contribution in [2.75, 3.05) is 28.3 Å². The van der Waals surface area contributed by atoms with E-state index >= 15 is 0 Å². The number of benzene rings is 1. The van der Waals surface area contributed by atoms with Crippen LogP contribution in [0, 0.1) is 0 Å². The minimum Gasteiger partial charge on any atom is -0.493 e. The molecule has 0 aliphatic rings. The molecular formula is C14H15NO5. The SMILES string of the molecule is COc1cc2cc(C(=O)N(C)C)c(=O)oc2cc1OC. The summed E-state index contributed by atoms with van der Waals surface area (Å²) < 4.78 is 15.5. The molecule has 0 saturated heterocycles. The average molecular weight is 277 g/mol. The van der Waals surface area contributed by atoms with Crippen molar-refractivity contribution in [2.24, 2.45) is 0 Å². The quantitative estimate of drug-likeness (QED) is 0.795. The first kappa shape index (κ1) is 13.9. The fraction of sp³-hybridized carbons (Fsp3) is 0.286. The van der Waals surface area contributed by atoms with Gasteiger partial charge in [0, 0.05) is 25.5 Å². The summed E-state index contributed by atoms with van der Waals surface area (Å²) in [6.45, 7) is 0. The lowest BCUT2D eigenvalue weighted by molar-refractivity contribution is 0.0823. The van der Waals surface area contributed by atoms with Crippen LogP contribution >= 0.6 is 0 Å². The van der Waals surface area contributed by atoms with Crippen LogP contribution in [0.2, 0.25) is 0 Å². The Balaban J connectivity index is 2.70. The molecule has 0 N–H and O–H groups in total. The van der Waals surface area contributed by atoms with Crippen LogP contribution in [0.1, 0.15) is 10.4 Å². The molecular weight excluding hydrogens is 262 g/mol. The van der Waals surface area contributed by atoms with Crippen LogP contribution < -0.4 is 15.1 Å². The fourth-order valence-corrected chi connectivity index (χ4v) is 1.84. The summed E-state index contributed by atoms with van der Waals surface area (Å²) in [5.74, 6) is 0.544. The molecule has 6 heteroatoms. The average Bonchev–Trinajstić information content (AvgIpc) is 2.44. The van der Waals surface area contributed by atoms with Gasteiger partial charge in [0.2, 0.25) is 0 Å². The Morgan fingerprint density at radius 1 is 1.10 bits per heavy atom. The van der Waals surface area contributed by atoms with E-state index in [1.807, 2.05) is 0 Å². The highest BCUT2D eigenvalue weighted by Crippen LogP contribution is 2.31. The van der Waals surface area contributed by atoms with Gasteiger partial charge in [0.05, 0.1) is 14.2 Å². The second kappa shape index (κ2) is 5.24. The highest BCUT2D eigenvalue weighted by atomic mass is 16.5. The molecule has 0 unspecified atom stereocenters. The molecule has 0 bridgehead atoms. The Kier molecular flexibility index (Phi) is 3.65. The maximum atomic E-state index is 11.9. The first-order valence-electron chi connectivity index (χ1n) is 5.89. The summed E-state index contributed by atoms with van der Waals surface area (Å²) in [6.07, 6.45) is 0. The molecule has 0 aliphatic carbocycles. The van der Waals surface area contributed by atoms with Gasteiger partial charge in [-0.15, -0.1) is 0 Å². The molecule has 1 heterocycles. The summed E-state index contributed by atoms with van der Waals surface area (Å²) in [5.41, 5.74) is -0.360. The fourth-order valence-electron chi connectivity index (χ4n) is 1.84. The zero-order valence-electron chi connectivity index (χ0n) is 11.7. The van der Waals surface area contributed by atoms with Gasteiger partial charge in [-0.1, -0.05) is 0 Å². The molecule has 1 aromatic carbocycles. The third-order valence-electron chi connectivity index (χ3n) is 2.87. The Bertz CT molecular complexity index is 717. The Morgan fingerprint density at radius 2 is 1.70 bits per heavy atom. The molecule has 0 aliphatic heterocycles. The van der Waals surface area contributed by atoms with E-state index in [1.54, 1.807) is 26.2 Å². The molecule has 0 fully saturated rings. The first-order valence-corrected chi connectivity index (χ1v) is 5.89. The second-order valence-corrected chi connectivity index (χ2v) is 4.39. The van der Waals surface area contributed by atoms with Gasteiger partial charge in [-0.05, 0) is 12.1 Å². The predicted molar refractivity (Wildman–Crippen MR) is 73.6 cm³/mol. The lowest BCUT2D eigenvalue weighted by atomic mass is 10.1. The zero-order valence-corrected chi connectivity index (χ0v) is 11.7. The molecule has 0 saturated carbocycles. The van der Waals surface area contributed by atoms with E-state index in [-0.39, 0.29) is 5.56 Å². The van der Waals surface area contributed by atoms with Crippen molar-refractivity contribution in [2.45, 2.75) is 0 Å². The predicted octanol–water partition coefficient (Wildman–Crippen LogP) is 1.51. The van der Waals surface area contributed by atoms with Crippen molar-refractivity contribution >= 4 is 16.9 Å². The molecule has 20 heavy (non-hydrogen) atoms. The van der Waals surface area contributed by atoms with Gasteiger partial charge in [0.1, 0.15) is 11.1 Å². The van der Waals surface area contributed by atoms with Crippen LogP contribution in [0.25, 0.3) is 11.0 Å². The van der Waals surface area contributed by atoms with Crippen molar-refractivity contribution in [3.63, 3.8) is 0 Å². The Hall–Kier alpha value is -2.50.